The standard InChI is InChI=1S/C10H16N.C3H9N.BH2O3/c1-11(2,3)9-10-7-5-4-6-8-10;1-4(2)3;2-1(3)4/h4-8H,9H2,1-3H3;1-3H3;2-3H/q+1;;-1. The number of rotatable bonds is 2. The first-order valence-electron chi connectivity index (χ1n) is 6.02. The quantitative estimate of drug-likeness (QED) is 0.555. The Hall–Kier alpha value is -0.915. The molecule has 2 N–H and O–H groups in total. The van der Waals surface area contributed by atoms with Crippen molar-refractivity contribution in [1.29, 1.82) is 0 Å². The topological polar surface area (TPSA) is 66.8 Å². The van der Waals surface area contributed by atoms with E-state index in [2.05, 4.69) is 51.5 Å². The van der Waals surface area contributed by atoms with Gasteiger partial charge in [0.1, 0.15) is 6.54 Å². The minimum atomic E-state index is -2.42. The van der Waals surface area contributed by atoms with E-state index in [1.165, 1.54) is 5.56 Å². The van der Waals surface area contributed by atoms with Gasteiger partial charge in [0, 0.05) is 5.56 Å². The molecule has 0 aliphatic carbocycles. The molecule has 0 atom stereocenters. The van der Waals surface area contributed by atoms with Crippen molar-refractivity contribution in [2.75, 3.05) is 42.3 Å². The molecule has 0 aliphatic rings. The Morgan fingerprint density at radius 2 is 1.37 bits per heavy atom. The van der Waals surface area contributed by atoms with Gasteiger partial charge in [0.05, 0.1) is 21.1 Å². The Labute approximate surface area is 117 Å². The molecule has 0 aromatic heterocycles. The fourth-order valence-corrected chi connectivity index (χ4v) is 1.13. The summed E-state index contributed by atoms with van der Waals surface area (Å²) in [6, 6.07) is 10.6. The van der Waals surface area contributed by atoms with Crippen LogP contribution < -0.4 is 5.02 Å². The highest BCUT2D eigenvalue weighted by atomic mass is 16.5. The first kappa shape index (κ1) is 20.4. The van der Waals surface area contributed by atoms with Crippen LogP contribution in [-0.4, -0.2) is 69.0 Å². The Morgan fingerprint density at radius 1 is 1.05 bits per heavy atom. The molecule has 0 saturated heterocycles. The van der Waals surface area contributed by atoms with Gasteiger partial charge in [0.2, 0.25) is 0 Å². The maximum Gasteiger partial charge on any atom is 0.339 e. The second-order valence-electron chi connectivity index (χ2n) is 5.60. The molecule has 1 aromatic rings. The molecule has 5 nitrogen and oxygen atoms in total. The molecule has 0 heterocycles. The van der Waals surface area contributed by atoms with Gasteiger partial charge in [0.15, 0.2) is 0 Å². The molecule has 6 heteroatoms. The van der Waals surface area contributed by atoms with Crippen molar-refractivity contribution in [3.05, 3.63) is 35.9 Å². The van der Waals surface area contributed by atoms with Crippen LogP contribution in [-0.2, 0) is 6.54 Å². The molecule has 19 heavy (non-hydrogen) atoms. The summed E-state index contributed by atoms with van der Waals surface area (Å²) in [5.74, 6) is 0. The third-order valence-corrected chi connectivity index (χ3v) is 1.50. The van der Waals surface area contributed by atoms with Gasteiger partial charge in [-0.1, -0.05) is 30.3 Å². The van der Waals surface area contributed by atoms with E-state index in [-0.39, 0.29) is 0 Å². The van der Waals surface area contributed by atoms with Crippen molar-refractivity contribution >= 4 is 7.32 Å². The lowest BCUT2D eigenvalue weighted by atomic mass is 10.2. The second kappa shape index (κ2) is 11.0. The summed E-state index contributed by atoms with van der Waals surface area (Å²) in [5.41, 5.74) is 1.40. The summed E-state index contributed by atoms with van der Waals surface area (Å²) < 4.78 is 0.990. The molecule has 0 amide bonds. The fraction of sp³-hybridized carbons (Fsp3) is 0.538. The van der Waals surface area contributed by atoms with Crippen molar-refractivity contribution in [2.45, 2.75) is 6.54 Å². The Bertz CT molecular complexity index is 289. The van der Waals surface area contributed by atoms with E-state index in [1.54, 1.807) is 0 Å². The van der Waals surface area contributed by atoms with Crippen LogP contribution in [0.2, 0.25) is 0 Å². The third kappa shape index (κ3) is 26.6. The third-order valence-electron chi connectivity index (χ3n) is 1.50. The summed E-state index contributed by atoms with van der Waals surface area (Å²) >= 11 is 0. The monoisotopic (exact) mass is 270 g/mol. The van der Waals surface area contributed by atoms with Gasteiger partial charge in [0.25, 0.3) is 0 Å². The zero-order chi connectivity index (χ0) is 15.5. The summed E-state index contributed by atoms with van der Waals surface area (Å²) in [6.07, 6.45) is 0. The van der Waals surface area contributed by atoms with Gasteiger partial charge in [-0.25, -0.2) is 0 Å². The van der Waals surface area contributed by atoms with Gasteiger partial charge >= 0.3 is 7.32 Å². The van der Waals surface area contributed by atoms with E-state index < -0.39 is 7.32 Å². The predicted octanol–water partition coefficient (Wildman–Crippen LogP) is -0.613. The maximum atomic E-state index is 8.64. The number of nitrogens with zero attached hydrogens (tertiary/aromatic N) is 2. The highest BCUT2D eigenvalue weighted by molar-refractivity contribution is 6.28. The lowest BCUT2D eigenvalue weighted by Gasteiger charge is -2.23. The van der Waals surface area contributed by atoms with Gasteiger partial charge in [-0.2, -0.15) is 0 Å². The molecule has 0 unspecified atom stereocenters. The zero-order valence-electron chi connectivity index (χ0n) is 12.9. The van der Waals surface area contributed by atoms with Crippen LogP contribution in [0.1, 0.15) is 5.56 Å². The van der Waals surface area contributed by atoms with Gasteiger partial charge < -0.3 is 24.5 Å². The van der Waals surface area contributed by atoms with Gasteiger partial charge in [-0.05, 0) is 21.1 Å². The molecular weight excluding hydrogens is 243 g/mol. The molecule has 110 valence electrons. The molecular formula is C13H27BN2O3. The van der Waals surface area contributed by atoms with E-state index in [9.17, 15) is 0 Å². The molecule has 0 aliphatic heterocycles. The molecule has 0 saturated carbocycles. The Balaban J connectivity index is 0. The van der Waals surface area contributed by atoms with Crippen molar-refractivity contribution in [1.82, 2.24) is 4.90 Å². The first-order chi connectivity index (χ1) is 8.54. The number of quaternary nitrogens is 1. The van der Waals surface area contributed by atoms with Crippen molar-refractivity contribution in [2.24, 2.45) is 0 Å². The lowest BCUT2D eigenvalue weighted by molar-refractivity contribution is -0.884. The summed E-state index contributed by atoms with van der Waals surface area (Å²) in [7, 11) is 10.2. The van der Waals surface area contributed by atoms with Crippen LogP contribution >= 0.6 is 0 Å². The minimum absolute atomic E-state index is 0.990. The summed E-state index contributed by atoms with van der Waals surface area (Å²) in [5, 5.41) is 22.8. The van der Waals surface area contributed by atoms with E-state index in [0.29, 0.717) is 0 Å². The maximum absolute atomic E-state index is 8.64. The van der Waals surface area contributed by atoms with E-state index in [0.717, 1.165) is 11.0 Å². The SMILES string of the molecule is CN(C)C.C[N+](C)(C)Cc1ccccc1.[O-]B(O)O. The Kier molecular flexibility index (Phi) is 11.8. The van der Waals surface area contributed by atoms with Crippen LogP contribution in [0.3, 0.4) is 0 Å². The van der Waals surface area contributed by atoms with Crippen LogP contribution in [0.25, 0.3) is 0 Å². The number of hydrogen-bond donors (Lipinski definition) is 2. The second-order valence-corrected chi connectivity index (χ2v) is 5.60. The first-order valence-corrected chi connectivity index (χ1v) is 6.02. The smallest absolute Gasteiger partial charge is 0.339 e. The van der Waals surface area contributed by atoms with Gasteiger partial charge in [-0.3, -0.25) is 0 Å². The van der Waals surface area contributed by atoms with Crippen LogP contribution in [0, 0.1) is 0 Å². The highest BCUT2D eigenvalue weighted by Gasteiger charge is 2.06. The number of benzene rings is 1. The van der Waals surface area contributed by atoms with Crippen molar-refractivity contribution in [3.8, 4) is 0 Å². The normalized spacial score (nSPS) is 10.0. The minimum Gasteiger partial charge on any atom is -0.832 e. The largest absolute Gasteiger partial charge is 0.832 e. The van der Waals surface area contributed by atoms with E-state index in [4.69, 9.17) is 15.1 Å². The summed E-state index contributed by atoms with van der Waals surface area (Å²) in [4.78, 5) is 2.00. The average Bonchev–Trinajstić information content (AvgIpc) is 2.14. The van der Waals surface area contributed by atoms with Crippen LogP contribution in [0.5, 0.6) is 0 Å². The average molecular weight is 270 g/mol. The lowest BCUT2D eigenvalue weighted by Crippen LogP contribution is -2.33. The molecule has 0 radical (unpaired) electrons. The zero-order valence-corrected chi connectivity index (χ0v) is 12.9. The molecule has 0 spiro atoms. The van der Waals surface area contributed by atoms with Crippen LogP contribution in [0.15, 0.2) is 30.3 Å². The van der Waals surface area contributed by atoms with E-state index in [1.807, 2.05) is 26.0 Å². The Morgan fingerprint density at radius 3 is 1.63 bits per heavy atom. The molecule has 0 fully saturated rings. The van der Waals surface area contributed by atoms with E-state index >= 15 is 0 Å². The summed E-state index contributed by atoms with van der Waals surface area (Å²) in [6.45, 7) is 1.10. The molecule has 1 rings (SSSR count). The molecule has 1 aromatic carbocycles. The highest BCUT2D eigenvalue weighted by Crippen LogP contribution is 2.05. The van der Waals surface area contributed by atoms with Gasteiger partial charge in [-0.15, -0.1) is 0 Å². The predicted molar refractivity (Wildman–Crippen MR) is 78.0 cm³/mol. The number of hydrogen-bond acceptors (Lipinski definition) is 4. The molecule has 0 bridgehead atoms. The van der Waals surface area contributed by atoms with Crippen molar-refractivity contribution < 1.29 is 19.6 Å². The van der Waals surface area contributed by atoms with Crippen LogP contribution in [0.4, 0.5) is 0 Å². The fourth-order valence-electron chi connectivity index (χ4n) is 1.13. The van der Waals surface area contributed by atoms with Crippen molar-refractivity contribution in [3.63, 3.8) is 0 Å².